The molecule has 0 aromatic heterocycles. The molecule has 0 heterocycles. The fourth-order valence-electron chi connectivity index (χ4n) is 2.80. The molecule has 0 spiro atoms. The third-order valence-electron chi connectivity index (χ3n) is 4.22. The summed E-state index contributed by atoms with van der Waals surface area (Å²) in [7, 11) is 1.43. The highest BCUT2D eigenvalue weighted by Gasteiger charge is 2.50. The van der Waals surface area contributed by atoms with Gasteiger partial charge in [-0.2, -0.15) is 0 Å². The normalized spacial score (nSPS) is 15.5. The summed E-state index contributed by atoms with van der Waals surface area (Å²) < 4.78 is 19.1. The van der Waals surface area contributed by atoms with E-state index in [4.69, 9.17) is 4.74 Å². The predicted octanol–water partition coefficient (Wildman–Crippen LogP) is 3.68. The van der Waals surface area contributed by atoms with Crippen LogP contribution in [0, 0.1) is 5.82 Å². The number of carbonyl (C=O) groups is 1. The maximum Gasteiger partial charge on any atom is 0.168 e. The van der Waals surface area contributed by atoms with E-state index in [1.54, 1.807) is 18.2 Å². The van der Waals surface area contributed by atoms with Gasteiger partial charge in [0.25, 0.3) is 0 Å². The lowest BCUT2D eigenvalue weighted by Crippen LogP contribution is -2.23. The van der Waals surface area contributed by atoms with Crippen LogP contribution in [-0.2, 0) is 16.6 Å². The summed E-state index contributed by atoms with van der Waals surface area (Å²) in [6, 6.07) is 14.7. The molecular formula is C18H17FO2. The lowest BCUT2D eigenvalue weighted by atomic mass is 9.88. The Labute approximate surface area is 123 Å². The molecule has 1 saturated carbocycles. The summed E-state index contributed by atoms with van der Waals surface area (Å²) in [5.41, 5.74) is 1.04. The van der Waals surface area contributed by atoms with Crippen molar-refractivity contribution < 1.29 is 13.9 Å². The van der Waals surface area contributed by atoms with Gasteiger partial charge in [0.05, 0.1) is 12.5 Å². The van der Waals surface area contributed by atoms with Crippen LogP contribution in [0.5, 0.6) is 5.75 Å². The van der Waals surface area contributed by atoms with Crippen LogP contribution in [-0.4, -0.2) is 12.9 Å². The molecule has 1 fully saturated rings. The summed E-state index contributed by atoms with van der Waals surface area (Å²) in [5.74, 6) is -0.164. The summed E-state index contributed by atoms with van der Waals surface area (Å²) in [6.45, 7) is 0. The molecule has 0 bridgehead atoms. The van der Waals surface area contributed by atoms with Crippen molar-refractivity contribution in [2.24, 2.45) is 0 Å². The first-order chi connectivity index (χ1) is 10.2. The molecule has 1 aliphatic rings. The Kier molecular flexibility index (Phi) is 3.50. The van der Waals surface area contributed by atoms with E-state index >= 15 is 0 Å². The highest BCUT2D eigenvalue weighted by Crippen LogP contribution is 2.49. The SMILES string of the molecule is COc1cccc(CC(=O)C2(c3ccccc3)CC2)c1F. The molecular weight excluding hydrogens is 267 g/mol. The molecule has 0 atom stereocenters. The first kappa shape index (κ1) is 13.8. The molecule has 0 saturated heterocycles. The van der Waals surface area contributed by atoms with Crippen LogP contribution in [0.2, 0.25) is 0 Å². The number of hydrogen-bond donors (Lipinski definition) is 0. The Morgan fingerprint density at radius 2 is 1.86 bits per heavy atom. The fraction of sp³-hybridized carbons (Fsp3) is 0.278. The van der Waals surface area contributed by atoms with E-state index in [0.717, 1.165) is 18.4 Å². The summed E-state index contributed by atoms with van der Waals surface area (Å²) >= 11 is 0. The molecule has 0 aliphatic heterocycles. The highest BCUT2D eigenvalue weighted by molar-refractivity contribution is 5.94. The average Bonchev–Trinajstić information content (AvgIpc) is 3.32. The summed E-state index contributed by atoms with van der Waals surface area (Å²) in [4.78, 5) is 12.6. The van der Waals surface area contributed by atoms with Crippen LogP contribution in [0.4, 0.5) is 4.39 Å². The van der Waals surface area contributed by atoms with Gasteiger partial charge in [0, 0.05) is 6.42 Å². The number of ether oxygens (including phenoxy) is 1. The second-order valence-electron chi connectivity index (χ2n) is 5.48. The molecule has 3 rings (SSSR count). The number of benzene rings is 2. The Bertz CT molecular complexity index is 660. The van der Waals surface area contributed by atoms with Gasteiger partial charge in [-0.15, -0.1) is 0 Å². The number of hydrogen-bond acceptors (Lipinski definition) is 2. The standard InChI is InChI=1S/C18H17FO2/c1-21-15-9-5-6-13(17(15)19)12-16(20)18(10-11-18)14-7-3-2-4-8-14/h2-9H,10-12H2,1H3. The molecule has 21 heavy (non-hydrogen) atoms. The number of ketones is 1. The molecule has 2 aromatic carbocycles. The van der Waals surface area contributed by atoms with Gasteiger partial charge in [-0.1, -0.05) is 42.5 Å². The zero-order valence-corrected chi connectivity index (χ0v) is 11.9. The summed E-state index contributed by atoms with van der Waals surface area (Å²) in [6.07, 6.45) is 1.81. The Morgan fingerprint density at radius 3 is 2.48 bits per heavy atom. The van der Waals surface area contributed by atoms with E-state index in [2.05, 4.69) is 0 Å². The smallest absolute Gasteiger partial charge is 0.168 e. The Morgan fingerprint density at radius 1 is 1.14 bits per heavy atom. The van der Waals surface area contributed by atoms with Crippen LogP contribution in [0.1, 0.15) is 24.0 Å². The topological polar surface area (TPSA) is 26.3 Å². The molecule has 0 amide bonds. The minimum Gasteiger partial charge on any atom is -0.494 e. The van der Waals surface area contributed by atoms with E-state index in [1.807, 2.05) is 30.3 Å². The average molecular weight is 284 g/mol. The van der Waals surface area contributed by atoms with Gasteiger partial charge < -0.3 is 4.74 Å². The van der Waals surface area contributed by atoms with E-state index < -0.39 is 11.2 Å². The van der Waals surface area contributed by atoms with E-state index in [0.29, 0.717) is 5.56 Å². The van der Waals surface area contributed by atoms with Gasteiger partial charge in [-0.05, 0) is 30.0 Å². The van der Waals surface area contributed by atoms with Crippen molar-refractivity contribution in [1.29, 1.82) is 0 Å². The fourth-order valence-corrected chi connectivity index (χ4v) is 2.80. The second-order valence-corrected chi connectivity index (χ2v) is 5.48. The quantitative estimate of drug-likeness (QED) is 0.837. The Balaban J connectivity index is 1.85. The maximum atomic E-state index is 14.2. The molecule has 2 aromatic rings. The van der Waals surface area contributed by atoms with Gasteiger partial charge in [-0.3, -0.25) is 4.79 Å². The molecule has 1 aliphatic carbocycles. The maximum absolute atomic E-state index is 14.2. The molecule has 0 radical (unpaired) electrons. The zero-order chi connectivity index (χ0) is 14.9. The molecule has 0 N–H and O–H groups in total. The minimum absolute atomic E-state index is 0.0841. The monoisotopic (exact) mass is 284 g/mol. The van der Waals surface area contributed by atoms with Crippen LogP contribution in [0.25, 0.3) is 0 Å². The number of halogens is 1. The van der Waals surface area contributed by atoms with Crippen molar-refractivity contribution >= 4 is 5.78 Å². The number of rotatable bonds is 5. The van der Waals surface area contributed by atoms with Crippen molar-refractivity contribution in [3.05, 3.63) is 65.5 Å². The highest BCUT2D eigenvalue weighted by atomic mass is 19.1. The van der Waals surface area contributed by atoms with Crippen LogP contribution in [0.15, 0.2) is 48.5 Å². The van der Waals surface area contributed by atoms with Crippen molar-refractivity contribution in [3.8, 4) is 5.75 Å². The number of methoxy groups -OCH3 is 1. The van der Waals surface area contributed by atoms with E-state index in [9.17, 15) is 9.18 Å². The largest absolute Gasteiger partial charge is 0.494 e. The van der Waals surface area contributed by atoms with E-state index in [1.165, 1.54) is 7.11 Å². The first-order valence-electron chi connectivity index (χ1n) is 7.07. The van der Waals surface area contributed by atoms with Crippen molar-refractivity contribution in [2.75, 3.05) is 7.11 Å². The lowest BCUT2D eigenvalue weighted by Gasteiger charge is -2.15. The van der Waals surface area contributed by atoms with Gasteiger partial charge in [-0.25, -0.2) is 4.39 Å². The van der Waals surface area contributed by atoms with Crippen molar-refractivity contribution in [3.63, 3.8) is 0 Å². The van der Waals surface area contributed by atoms with Crippen LogP contribution >= 0.6 is 0 Å². The van der Waals surface area contributed by atoms with Gasteiger partial charge in [0.1, 0.15) is 5.78 Å². The molecule has 0 unspecified atom stereocenters. The van der Waals surface area contributed by atoms with Crippen molar-refractivity contribution in [2.45, 2.75) is 24.7 Å². The second kappa shape index (κ2) is 5.32. The minimum atomic E-state index is -0.433. The van der Waals surface area contributed by atoms with Gasteiger partial charge in [0.2, 0.25) is 0 Å². The van der Waals surface area contributed by atoms with Crippen molar-refractivity contribution in [1.82, 2.24) is 0 Å². The number of carbonyl (C=O) groups excluding carboxylic acids is 1. The van der Waals surface area contributed by atoms with Gasteiger partial charge in [0.15, 0.2) is 11.6 Å². The first-order valence-corrected chi connectivity index (χ1v) is 7.07. The van der Waals surface area contributed by atoms with Crippen LogP contribution in [0.3, 0.4) is 0 Å². The Hall–Kier alpha value is -2.16. The lowest BCUT2D eigenvalue weighted by molar-refractivity contribution is -0.120. The molecule has 108 valence electrons. The number of Topliss-reactive ketones (excluding diaryl/α,β-unsaturated/α-hetero) is 1. The predicted molar refractivity (Wildman–Crippen MR) is 79.0 cm³/mol. The third-order valence-corrected chi connectivity index (χ3v) is 4.22. The third kappa shape index (κ3) is 2.44. The van der Waals surface area contributed by atoms with E-state index in [-0.39, 0.29) is 18.0 Å². The molecule has 2 nitrogen and oxygen atoms in total. The van der Waals surface area contributed by atoms with Gasteiger partial charge >= 0.3 is 0 Å². The van der Waals surface area contributed by atoms with Crippen LogP contribution < -0.4 is 4.74 Å². The zero-order valence-electron chi connectivity index (χ0n) is 11.9. The summed E-state index contributed by atoms with van der Waals surface area (Å²) in [5, 5.41) is 0. The molecule has 3 heteroatoms.